The topological polar surface area (TPSA) is 92.8 Å². The molecule has 0 fully saturated rings. The Morgan fingerprint density at radius 1 is 1.00 bits per heavy atom. The first kappa shape index (κ1) is 24.3. The second kappa shape index (κ2) is 10.7. The standard InChI is InChI=1S/C27H26N2O5S/c1-3-34-27(33)22-15-19(16-29-25(31)20-8-4-5-9-21(20)26(29)32)35-24(22)28-23(30)10-6-7-18-13-11-17(2)12-14-18/h4-5,8-9,11-15H,3,6-7,10,16H2,1-2H3,(H,28,30). The van der Waals surface area contributed by atoms with E-state index in [0.717, 1.165) is 28.2 Å². The molecule has 8 heteroatoms. The lowest BCUT2D eigenvalue weighted by atomic mass is 10.1. The van der Waals surface area contributed by atoms with Crippen molar-refractivity contribution in [2.45, 2.75) is 39.7 Å². The van der Waals surface area contributed by atoms with Gasteiger partial charge >= 0.3 is 5.97 Å². The molecule has 0 saturated carbocycles. The molecule has 0 bridgehead atoms. The van der Waals surface area contributed by atoms with Gasteiger partial charge in [0.25, 0.3) is 11.8 Å². The SMILES string of the molecule is CCOC(=O)c1cc(CN2C(=O)c3ccccc3C2=O)sc1NC(=O)CCCc1ccc(C)cc1. The van der Waals surface area contributed by atoms with Crippen LogP contribution >= 0.6 is 11.3 Å². The summed E-state index contributed by atoms with van der Waals surface area (Å²) in [6, 6.07) is 16.4. The smallest absolute Gasteiger partial charge is 0.341 e. The zero-order valence-electron chi connectivity index (χ0n) is 19.6. The van der Waals surface area contributed by atoms with E-state index in [-0.39, 0.29) is 36.4 Å². The molecule has 3 aromatic rings. The molecule has 180 valence electrons. The van der Waals surface area contributed by atoms with Gasteiger partial charge in [0.05, 0.1) is 29.8 Å². The average molecular weight is 491 g/mol. The van der Waals surface area contributed by atoms with Crippen LogP contribution in [0.25, 0.3) is 0 Å². The molecule has 1 aromatic heterocycles. The van der Waals surface area contributed by atoms with Gasteiger partial charge in [-0.25, -0.2) is 4.79 Å². The maximum atomic E-state index is 12.7. The molecule has 0 atom stereocenters. The van der Waals surface area contributed by atoms with Crippen molar-refractivity contribution < 1.29 is 23.9 Å². The van der Waals surface area contributed by atoms with E-state index < -0.39 is 5.97 Å². The Labute approximate surface area is 207 Å². The summed E-state index contributed by atoms with van der Waals surface area (Å²) in [4.78, 5) is 52.3. The lowest BCUT2D eigenvalue weighted by molar-refractivity contribution is -0.116. The molecule has 0 aliphatic carbocycles. The summed E-state index contributed by atoms with van der Waals surface area (Å²) < 4.78 is 5.14. The predicted molar refractivity (Wildman–Crippen MR) is 134 cm³/mol. The van der Waals surface area contributed by atoms with E-state index in [0.29, 0.717) is 33.8 Å². The number of hydrogen-bond donors (Lipinski definition) is 1. The number of benzene rings is 2. The largest absolute Gasteiger partial charge is 0.462 e. The number of esters is 1. The van der Waals surface area contributed by atoms with Crippen molar-refractivity contribution in [1.29, 1.82) is 0 Å². The third kappa shape index (κ3) is 5.49. The van der Waals surface area contributed by atoms with Gasteiger partial charge in [-0.05, 0) is 50.5 Å². The second-order valence-electron chi connectivity index (χ2n) is 8.31. The number of carbonyl (C=O) groups excluding carboxylic acids is 4. The molecule has 35 heavy (non-hydrogen) atoms. The third-order valence-corrected chi connectivity index (χ3v) is 6.75. The Bertz CT molecular complexity index is 1240. The van der Waals surface area contributed by atoms with Gasteiger partial charge in [-0.2, -0.15) is 0 Å². The Morgan fingerprint density at radius 3 is 2.29 bits per heavy atom. The number of anilines is 1. The van der Waals surface area contributed by atoms with Crippen molar-refractivity contribution in [1.82, 2.24) is 4.90 Å². The molecule has 2 aromatic carbocycles. The first-order chi connectivity index (χ1) is 16.9. The summed E-state index contributed by atoms with van der Waals surface area (Å²) in [6.45, 7) is 3.92. The van der Waals surface area contributed by atoms with Gasteiger partial charge in [0.2, 0.25) is 5.91 Å². The first-order valence-corrected chi connectivity index (χ1v) is 12.3. The van der Waals surface area contributed by atoms with Crippen molar-refractivity contribution in [2.24, 2.45) is 0 Å². The highest BCUT2D eigenvalue weighted by molar-refractivity contribution is 7.16. The molecule has 1 N–H and O–H groups in total. The summed E-state index contributed by atoms with van der Waals surface area (Å²) in [7, 11) is 0. The van der Waals surface area contributed by atoms with Gasteiger partial charge in [0.1, 0.15) is 5.00 Å². The van der Waals surface area contributed by atoms with E-state index in [9.17, 15) is 19.2 Å². The number of imide groups is 1. The van der Waals surface area contributed by atoms with Crippen LogP contribution in [0.2, 0.25) is 0 Å². The number of nitrogens with one attached hydrogen (secondary N) is 1. The van der Waals surface area contributed by atoms with Gasteiger partial charge in [0.15, 0.2) is 0 Å². The molecule has 2 heterocycles. The molecular formula is C27H26N2O5S. The van der Waals surface area contributed by atoms with Crippen LogP contribution in [0.5, 0.6) is 0 Å². The van der Waals surface area contributed by atoms with Crippen LogP contribution in [0.15, 0.2) is 54.6 Å². The Morgan fingerprint density at radius 2 is 1.66 bits per heavy atom. The Hall–Kier alpha value is -3.78. The summed E-state index contributed by atoms with van der Waals surface area (Å²) in [5, 5.41) is 3.18. The minimum absolute atomic E-state index is 0.00666. The highest BCUT2D eigenvalue weighted by Gasteiger charge is 2.35. The maximum Gasteiger partial charge on any atom is 0.341 e. The average Bonchev–Trinajstić information content (AvgIpc) is 3.35. The molecule has 0 saturated heterocycles. The zero-order chi connectivity index (χ0) is 24.9. The number of carbonyl (C=O) groups is 4. The van der Waals surface area contributed by atoms with Crippen LogP contribution in [-0.2, 0) is 22.5 Å². The minimum Gasteiger partial charge on any atom is -0.462 e. The number of aryl methyl sites for hydroxylation is 2. The van der Waals surface area contributed by atoms with Crippen LogP contribution in [0.1, 0.15) is 66.8 Å². The van der Waals surface area contributed by atoms with Crippen LogP contribution in [0.4, 0.5) is 5.00 Å². The summed E-state index contributed by atoms with van der Waals surface area (Å²) in [5.74, 6) is -1.53. The van der Waals surface area contributed by atoms with E-state index >= 15 is 0 Å². The van der Waals surface area contributed by atoms with E-state index in [4.69, 9.17) is 4.74 Å². The molecular weight excluding hydrogens is 464 g/mol. The van der Waals surface area contributed by atoms with E-state index in [1.165, 1.54) is 5.56 Å². The number of amides is 3. The van der Waals surface area contributed by atoms with Crippen LogP contribution < -0.4 is 5.32 Å². The normalized spacial score (nSPS) is 12.6. The van der Waals surface area contributed by atoms with Crippen molar-refractivity contribution in [3.8, 4) is 0 Å². The molecule has 0 unspecified atom stereocenters. The van der Waals surface area contributed by atoms with Gasteiger partial charge in [-0.1, -0.05) is 42.0 Å². The fourth-order valence-corrected chi connectivity index (χ4v) is 4.96. The lowest BCUT2D eigenvalue weighted by Crippen LogP contribution is -2.28. The van der Waals surface area contributed by atoms with Crippen molar-refractivity contribution in [3.63, 3.8) is 0 Å². The minimum atomic E-state index is -0.563. The summed E-state index contributed by atoms with van der Waals surface area (Å²) in [5.41, 5.74) is 3.29. The van der Waals surface area contributed by atoms with Crippen molar-refractivity contribution in [2.75, 3.05) is 11.9 Å². The maximum absolute atomic E-state index is 12.7. The van der Waals surface area contributed by atoms with Crippen molar-refractivity contribution in [3.05, 3.63) is 87.3 Å². The fraction of sp³-hybridized carbons (Fsp3) is 0.259. The number of hydrogen-bond acceptors (Lipinski definition) is 6. The summed E-state index contributed by atoms with van der Waals surface area (Å²) in [6.07, 6.45) is 1.73. The predicted octanol–water partition coefficient (Wildman–Crippen LogP) is 4.99. The number of thiophene rings is 1. The first-order valence-electron chi connectivity index (χ1n) is 11.5. The molecule has 1 aliphatic heterocycles. The monoisotopic (exact) mass is 490 g/mol. The van der Waals surface area contributed by atoms with Crippen LogP contribution in [0, 0.1) is 6.92 Å². The van der Waals surface area contributed by atoms with Crippen LogP contribution in [-0.4, -0.2) is 35.2 Å². The molecule has 4 rings (SSSR count). The molecule has 3 amide bonds. The van der Waals surface area contributed by atoms with Crippen LogP contribution in [0.3, 0.4) is 0 Å². The second-order valence-corrected chi connectivity index (χ2v) is 9.44. The third-order valence-electron chi connectivity index (χ3n) is 5.71. The van der Waals surface area contributed by atoms with Gasteiger partial charge in [0, 0.05) is 11.3 Å². The summed E-state index contributed by atoms with van der Waals surface area (Å²) >= 11 is 1.16. The Kier molecular flexibility index (Phi) is 7.41. The number of rotatable bonds is 9. The number of ether oxygens (including phenoxy) is 1. The number of fused-ring (bicyclic) bond motifs is 1. The van der Waals surface area contributed by atoms with E-state index in [1.54, 1.807) is 37.3 Å². The quantitative estimate of drug-likeness (QED) is 0.337. The molecule has 7 nitrogen and oxygen atoms in total. The van der Waals surface area contributed by atoms with Gasteiger partial charge < -0.3 is 10.1 Å². The highest BCUT2D eigenvalue weighted by Crippen LogP contribution is 2.32. The Balaban J connectivity index is 1.45. The lowest BCUT2D eigenvalue weighted by Gasteiger charge is -2.12. The van der Waals surface area contributed by atoms with Gasteiger partial charge in [-0.3, -0.25) is 19.3 Å². The fourth-order valence-electron chi connectivity index (χ4n) is 3.91. The van der Waals surface area contributed by atoms with Gasteiger partial charge in [-0.15, -0.1) is 11.3 Å². The highest BCUT2D eigenvalue weighted by atomic mass is 32.1. The number of nitrogens with zero attached hydrogens (tertiary/aromatic N) is 1. The molecule has 0 spiro atoms. The van der Waals surface area contributed by atoms with E-state index in [1.807, 2.05) is 19.1 Å². The zero-order valence-corrected chi connectivity index (χ0v) is 20.4. The molecule has 0 radical (unpaired) electrons. The molecule has 1 aliphatic rings. The van der Waals surface area contributed by atoms with E-state index in [2.05, 4.69) is 17.4 Å². The van der Waals surface area contributed by atoms with Crippen molar-refractivity contribution >= 4 is 40.0 Å².